The van der Waals surface area contributed by atoms with Gasteiger partial charge < -0.3 is 4.74 Å². The first kappa shape index (κ1) is 18.7. The van der Waals surface area contributed by atoms with Gasteiger partial charge in [-0.15, -0.1) is 0 Å². The third-order valence-electron chi connectivity index (χ3n) is 4.96. The second kappa shape index (κ2) is 7.65. The van der Waals surface area contributed by atoms with Crippen LogP contribution in [0.2, 0.25) is 0 Å². The van der Waals surface area contributed by atoms with E-state index in [0.717, 1.165) is 18.9 Å². The largest absolute Gasteiger partial charge is 0.457 e. The zero-order chi connectivity index (χ0) is 19.4. The van der Waals surface area contributed by atoms with E-state index in [1.165, 1.54) is 30.3 Å². The molecule has 1 saturated carbocycles. The number of ether oxygens (including phenoxy) is 1. The second-order valence-electron chi connectivity index (χ2n) is 6.60. The van der Waals surface area contributed by atoms with E-state index in [1.807, 2.05) is 0 Å². The first-order valence-corrected chi connectivity index (χ1v) is 8.63. The monoisotopic (exact) mass is 371 g/mol. The molecule has 7 heteroatoms. The molecule has 2 aromatic carbocycles. The van der Waals surface area contributed by atoms with E-state index in [0.29, 0.717) is 18.4 Å². The number of nitro benzene ring substituents is 1. The third-order valence-corrected chi connectivity index (χ3v) is 4.96. The number of nitro groups is 1. The Balaban J connectivity index is 1.73. The summed E-state index contributed by atoms with van der Waals surface area (Å²) in [5.74, 6) is -1.43. The number of carbonyl (C=O) groups excluding carboxylic acids is 2. The zero-order valence-corrected chi connectivity index (χ0v) is 14.5. The SMILES string of the molecule is O=C(COC(=O)C1(c2ccc(F)cc2)CCCC1)c1cccc([N+](=O)[O-])c1. The Bertz CT molecular complexity index is 872. The van der Waals surface area contributed by atoms with Crippen LogP contribution in [0.25, 0.3) is 0 Å². The highest BCUT2D eigenvalue weighted by Gasteiger charge is 2.44. The van der Waals surface area contributed by atoms with E-state index < -0.39 is 28.7 Å². The fourth-order valence-corrected chi connectivity index (χ4v) is 3.50. The Labute approximate surface area is 155 Å². The minimum atomic E-state index is -0.878. The number of benzene rings is 2. The molecule has 0 aliphatic heterocycles. The van der Waals surface area contributed by atoms with Gasteiger partial charge in [0.05, 0.1) is 10.3 Å². The number of ketones is 1. The van der Waals surface area contributed by atoms with Crippen LogP contribution in [0.1, 0.15) is 41.6 Å². The van der Waals surface area contributed by atoms with Gasteiger partial charge in [-0.05, 0) is 30.5 Å². The van der Waals surface area contributed by atoms with Gasteiger partial charge in [-0.25, -0.2) is 4.39 Å². The van der Waals surface area contributed by atoms with E-state index in [4.69, 9.17) is 4.74 Å². The van der Waals surface area contributed by atoms with Gasteiger partial charge in [0.15, 0.2) is 6.61 Å². The highest BCUT2D eigenvalue weighted by atomic mass is 19.1. The van der Waals surface area contributed by atoms with Gasteiger partial charge in [0.1, 0.15) is 5.82 Å². The summed E-state index contributed by atoms with van der Waals surface area (Å²) >= 11 is 0. The van der Waals surface area contributed by atoms with E-state index in [-0.39, 0.29) is 17.1 Å². The van der Waals surface area contributed by atoms with Gasteiger partial charge in [0.25, 0.3) is 5.69 Å². The molecule has 0 spiro atoms. The summed E-state index contributed by atoms with van der Waals surface area (Å²) in [4.78, 5) is 35.3. The molecule has 3 rings (SSSR count). The topological polar surface area (TPSA) is 86.5 Å². The van der Waals surface area contributed by atoms with Gasteiger partial charge in [0, 0.05) is 17.7 Å². The maximum atomic E-state index is 13.2. The van der Waals surface area contributed by atoms with E-state index >= 15 is 0 Å². The molecule has 0 radical (unpaired) electrons. The van der Waals surface area contributed by atoms with Crippen LogP contribution in [-0.2, 0) is 14.9 Å². The maximum Gasteiger partial charge on any atom is 0.317 e. The van der Waals surface area contributed by atoms with Gasteiger partial charge in [-0.3, -0.25) is 19.7 Å². The number of nitrogens with zero attached hydrogens (tertiary/aromatic N) is 1. The smallest absolute Gasteiger partial charge is 0.317 e. The summed E-state index contributed by atoms with van der Waals surface area (Å²) in [6.07, 6.45) is 2.82. The summed E-state index contributed by atoms with van der Waals surface area (Å²) in [5.41, 5.74) is -0.296. The van der Waals surface area contributed by atoms with Crippen molar-refractivity contribution in [2.45, 2.75) is 31.1 Å². The molecule has 1 fully saturated rings. The average molecular weight is 371 g/mol. The fraction of sp³-hybridized carbons (Fsp3) is 0.300. The van der Waals surface area contributed by atoms with Gasteiger partial charge in [-0.1, -0.05) is 37.1 Å². The summed E-state index contributed by atoms with van der Waals surface area (Å²) in [6.45, 7) is -0.497. The van der Waals surface area contributed by atoms with Crippen molar-refractivity contribution in [3.8, 4) is 0 Å². The van der Waals surface area contributed by atoms with Crippen LogP contribution in [0, 0.1) is 15.9 Å². The van der Waals surface area contributed by atoms with Crippen LogP contribution >= 0.6 is 0 Å². The molecule has 0 heterocycles. The Morgan fingerprint density at radius 3 is 2.41 bits per heavy atom. The summed E-state index contributed by atoms with van der Waals surface area (Å²) in [5, 5.41) is 10.8. The molecule has 0 N–H and O–H groups in total. The Kier molecular flexibility index (Phi) is 5.30. The minimum Gasteiger partial charge on any atom is -0.457 e. The number of carbonyl (C=O) groups is 2. The lowest BCUT2D eigenvalue weighted by molar-refractivity contribution is -0.384. The molecular weight excluding hydrogens is 353 g/mol. The van der Waals surface area contributed by atoms with Crippen molar-refractivity contribution in [1.82, 2.24) is 0 Å². The van der Waals surface area contributed by atoms with Crippen LogP contribution in [0.5, 0.6) is 0 Å². The van der Waals surface area contributed by atoms with Crippen LogP contribution in [-0.4, -0.2) is 23.3 Å². The van der Waals surface area contributed by atoms with Crippen molar-refractivity contribution in [3.63, 3.8) is 0 Å². The van der Waals surface area contributed by atoms with Crippen LogP contribution in [0.3, 0.4) is 0 Å². The highest BCUT2D eigenvalue weighted by Crippen LogP contribution is 2.42. The van der Waals surface area contributed by atoms with Gasteiger partial charge in [-0.2, -0.15) is 0 Å². The molecule has 0 saturated heterocycles. The Morgan fingerprint density at radius 1 is 1.11 bits per heavy atom. The molecule has 0 unspecified atom stereocenters. The van der Waals surface area contributed by atoms with Crippen molar-refractivity contribution in [2.24, 2.45) is 0 Å². The number of hydrogen-bond donors (Lipinski definition) is 0. The average Bonchev–Trinajstić information content (AvgIpc) is 3.17. The number of Topliss-reactive ketones (excluding diaryl/α,β-unsaturated/α-hetero) is 1. The van der Waals surface area contributed by atoms with E-state index in [1.54, 1.807) is 12.1 Å². The van der Waals surface area contributed by atoms with Crippen molar-refractivity contribution in [3.05, 3.63) is 75.6 Å². The van der Waals surface area contributed by atoms with Gasteiger partial charge in [0.2, 0.25) is 5.78 Å². The Morgan fingerprint density at radius 2 is 1.78 bits per heavy atom. The molecule has 0 aromatic heterocycles. The highest BCUT2D eigenvalue weighted by molar-refractivity contribution is 5.99. The summed E-state index contributed by atoms with van der Waals surface area (Å²) in [7, 11) is 0. The van der Waals surface area contributed by atoms with Crippen molar-refractivity contribution < 1.29 is 23.6 Å². The van der Waals surface area contributed by atoms with Crippen LogP contribution in [0.15, 0.2) is 48.5 Å². The Hall–Kier alpha value is -3.09. The normalized spacial score (nSPS) is 15.3. The molecule has 0 bridgehead atoms. The predicted octanol–water partition coefficient (Wildman–Crippen LogP) is 3.97. The number of non-ortho nitro benzene ring substituents is 1. The van der Waals surface area contributed by atoms with Gasteiger partial charge >= 0.3 is 5.97 Å². The second-order valence-corrected chi connectivity index (χ2v) is 6.60. The molecule has 140 valence electrons. The number of esters is 1. The molecule has 6 nitrogen and oxygen atoms in total. The molecule has 0 atom stereocenters. The van der Waals surface area contributed by atoms with E-state index in [9.17, 15) is 24.1 Å². The summed E-state index contributed by atoms with van der Waals surface area (Å²) < 4.78 is 18.5. The number of halogens is 1. The van der Waals surface area contributed by atoms with Crippen molar-refractivity contribution >= 4 is 17.4 Å². The number of hydrogen-bond acceptors (Lipinski definition) is 5. The molecular formula is C20H18FNO5. The van der Waals surface area contributed by atoms with E-state index in [2.05, 4.69) is 0 Å². The quantitative estimate of drug-likeness (QED) is 0.332. The molecule has 1 aliphatic carbocycles. The third kappa shape index (κ3) is 3.86. The lowest BCUT2D eigenvalue weighted by Gasteiger charge is -2.27. The lowest BCUT2D eigenvalue weighted by atomic mass is 9.79. The lowest BCUT2D eigenvalue weighted by Crippen LogP contribution is -2.35. The molecule has 0 amide bonds. The standard InChI is InChI=1S/C20H18FNO5/c21-16-8-6-15(7-9-16)20(10-1-2-11-20)19(24)27-13-18(23)14-4-3-5-17(12-14)22(25)26/h3-9,12H,1-2,10-11,13H2. The van der Waals surface area contributed by atoms with Crippen LogP contribution in [0.4, 0.5) is 10.1 Å². The first-order chi connectivity index (χ1) is 12.9. The molecule has 1 aliphatic rings. The van der Waals surface area contributed by atoms with Crippen molar-refractivity contribution in [1.29, 1.82) is 0 Å². The van der Waals surface area contributed by atoms with Crippen LogP contribution < -0.4 is 0 Å². The number of rotatable bonds is 6. The molecule has 27 heavy (non-hydrogen) atoms. The molecule has 2 aromatic rings. The maximum absolute atomic E-state index is 13.2. The van der Waals surface area contributed by atoms with Crippen molar-refractivity contribution in [2.75, 3.05) is 6.61 Å². The summed E-state index contributed by atoms with van der Waals surface area (Å²) in [6, 6.07) is 11.0. The minimum absolute atomic E-state index is 0.110. The fourth-order valence-electron chi connectivity index (χ4n) is 3.50. The zero-order valence-electron chi connectivity index (χ0n) is 14.5. The predicted molar refractivity (Wildman–Crippen MR) is 94.9 cm³/mol. The first-order valence-electron chi connectivity index (χ1n) is 8.63.